The molecule has 0 saturated carbocycles. The second kappa shape index (κ2) is 8.96. The molecule has 0 amide bonds. The summed E-state index contributed by atoms with van der Waals surface area (Å²) in [5.41, 5.74) is 0.518. The number of anilines is 2. The minimum absolute atomic E-state index is 0.0698. The molecule has 1 aliphatic heterocycles. The maximum atomic E-state index is 14.3. The smallest absolute Gasteiger partial charge is 0.215 e. The number of halogens is 1. The van der Waals surface area contributed by atoms with Gasteiger partial charge in [0.15, 0.2) is 5.82 Å². The zero-order valence-corrected chi connectivity index (χ0v) is 19.0. The molecule has 32 heavy (non-hydrogen) atoms. The molecular formula is C24H30FN5O2. The highest BCUT2D eigenvalue weighted by molar-refractivity contribution is 5.81. The van der Waals surface area contributed by atoms with Gasteiger partial charge in [-0.3, -0.25) is 0 Å². The minimum Gasteiger partial charge on any atom is -0.475 e. The van der Waals surface area contributed by atoms with E-state index in [-0.39, 0.29) is 17.7 Å². The maximum Gasteiger partial charge on any atom is 0.215 e. The third-order valence-electron chi connectivity index (χ3n) is 6.06. The second-order valence-corrected chi connectivity index (χ2v) is 8.98. The summed E-state index contributed by atoms with van der Waals surface area (Å²) in [6.45, 7) is 7.54. The molecule has 0 unspecified atom stereocenters. The molecule has 4 heterocycles. The molecule has 1 aliphatic rings. The molecule has 3 aromatic heterocycles. The Balaban J connectivity index is 1.60. The highest BCUT2D eigenvalue weighted by atomic mass is 19.1. The highest BCUT2D eigenvalue weighted by Crippen LogP contribution is 2.36. The summed E-state index contributed by atoms with van der Waals surface area (Å²) in [6.07, 6.45) is 4.59. The number of nitrogens with zero attached hydrogens (tertiary/aromatic N) is 4. The summed E-state index contributed by atoms with van der Waals surface area (Å²) in [5, 5.41) is 15.2. The number of aliphatic hydroxyl groups is 1. The predicted octanol–water partition coefficient (Wildman–Crippen LogP) is 4.24. The van der Waals surface area contributed by atoms with Crippen LogP contribution in [0.5, 0.6) is 5.88 Å². The normalized spacial score (nSPS) is 17.5. The largest absolute Gasteiger partial charge is 0.475 e. The Labute approximate surface area is 187 Å². The van der Waals surface area contributed by atoms with Crippen LogP contribution in [0.15, 0.2) is 36.7 Å². The molecule has 2 N–H and O–H groups in total. The van der Waals surface area contributed by atoms with Gasteiger partial charge in [0.1, 0.15) is 11.4 Å². The van der Waals surface area contributed by atoms with E-state index in [1.54, 1.807) is 12.3 Å². The fourth-order valence-corrected chi connectivity index (χ4v) is 4.11. The van der Waals surface area contributed by atoms with Crippen LogP contribution in [0, 0.1) is 11.7 Å². The third kappa shape index (κ3) is 4.81. The number of rotatable bonds is 6. The molecule has 7 nitrogen and oxygen atoms in total. The number of piperidine rings is 1. The number of pyridine rings is 3. The van der Waals surface area contributed by atoms with Gasteiger partial charge in [0.25, 0.3) is 0 Å². The van der Waals surface area contributed by atoms with Crippen molar-refractivity contribution in [1.82, 2.24) is 19.9 Å². The summed E-state index contributed by atoms with van der Waals surface area (Å²) in [6, 6.07) is 7.05. The molecule has 0 aromatic carbocycles. The lowest BCUT2D eigenvalue weighted by Gasteiger charge is -2.38. The van der Waals surface area contributed by atoms with Gasteiger partial charge in [-0.1, -0.05) is 0 Å². The van der Waals surface area contributed by atoms with Crippen molar-refractivity contribution in [2.45, 2.75) is 45.3 Å². The Morgan fingerprint density at radius 2 is 1.94 bits per heavy atom. The molecule has 0 aliphatic carbocycles. The Kier molecular flexibility index (Phi) is 6.26. The number of nitrogens with one attached hydrogen (secondary N) is 1. The van der Waals surface area contributed by atoms with E-state index >= 15 is 0 Å². The fourth-order valence-electron chi connectivity index (χ4n) is 4.11. The summed E-state index contributed by atoms with van der Waals surface area (Å²) >= 11 is 0. The van der Waals surface area contributed by atoms with Crippen molar-refractivity contribution in [3.63, 3.8) is 0 Å². The topological polar surface area (TPSA) is 83.4 Å². The molecule has 1 atom stereocenters. The average molecular weight is 440 g/mol. The van der Waals surface area contributed by atoms with Crippen molar-refractivity contribution < 1.29 is 14.2 Å². The lowest BCUT2D eigenvalue weighted by Crippen LogP contribution is -2.41. The van der Waals surface area contributed by atoms with E-state index in [0.29, 0.717) is 22.9 Å². The monoisotopic (exact) mass is 439 g/mol. The van der Waals surface area contributed by atoms with E-state index in [1.165, 1.54) is 6.07 Å². The molecule has 0 spiro atoms. The van der Waals surface area contributed by atoms with Crippen LogP contribution < -0.4 is 10.1 Å². The van der Waals surface area contributed by atoms with Gasteiger partial charge in [0.2, 0.25) is 5.88 Å². The first-order valence-corrected chi connectivity index (χ1v) is 11.0. The number of ether oxygens (including phenoxy) is 1. The fraction of sp³-hybridized carbons (Fsp3) is 0.458. The van der Waals surface area contributed by atoms with Gasteiger partial charge in [-0.25, -0.2) is 19.3 Å². The zero-order valence-electron chi connectivity index (χ0n) is 19.0. The number of hydrogen-bond donors (Lipinski definition) is 2. The molecule has 170 valence electrons. The van der Waals surface area contributed by atoms with Crippen LogP contribution in [0.25, 0.3) is 10.9 Å². The number of fused-ring (bicyclic) bond motifs is 1. The van der Waals surface area contributed by atoms with Crippen molar-refractivity contribution in [2.24, 2.45) is 5.92 Å². The second-order valence-electron chi connectivity index (χ2n) is 8.98. The van der Waals surface area contributed by atoms with Crippen LogP contribution in [0.2, 0.25) is 0 Å². The average Bonchev–Trinajstić information content (AvgIpc) is 2.75. The van der Waals surface area contributed by atoms with E-state index in [2.05, 4.69) is 27.2 Å². The third-order valence-corrected chi connectivity index (χ3v) is 6.06. The van der Waals surface area contributed by atoms with Gasteiger partial charge in [0.05, 0.1) is 29.2 Å². The lowest BCUT2D eigenvalue weighted by molar-refractivity contribution is -0.0334. The molecule has 1 fully saturated rings. The maximum absolute atomic E-state index is 14.3. The van der Waals surface area contributed by atoms with Crippen LogP contribution >= 0.6 is 0 Å². The van der Waals surface area contributed by atoms with Crippen LogP contribution in [0.4, 0.5) is 15.9 Å². The van der Waals surface area contributed by atoms with Crippen LogP contribution in [-0.2, 0) is 5.60 Å². The molecule has 3 aromatic rings. The first-order valence-electron chi connectivity index (χ1n) is 11.0. The molecule has 1 saturated heterocycles. The van der Waals surface area contributed by atoms with Crippen molar-refractivity contribution in [1.29, 1.82) is 0 Å². The molecule has 0 radical (unpaired) electrons. The van der Waals surface area contributed by atoms with Crippen molar-refractivity contribution in [3.05, 3.63) is 48.2 Å². The van der Waals surface area contributed by atoms with Gasteiger partial charge in [-0.15, -0.1) is 0 Å². The summed E-state index contributed by atoms with van der Waals surface area (Å²) < 4.78 is 19.9. The van der Waals surface area contributed by atoms with Gasteiger partial charge in [-0.2, -0.15) is 0 Å². The van der Waals surface area contributed by atoms with E-state index in [9.17, 15) is 9.50 Å². The summed E-state index contributed by atoms with van der Waals surface area (Å²) in [7, 11) is 2.10. The minimum atomic E-state index is -1.02. The van der Waals surface area contributed by atoms with E-state index in [0.717, 1.165) is 37.5 Å². The van der Waals surface area contributed by atoms with Crippen molar-refractivity contribution in [2.75, 3.05) is 25.5 Å². The molecule has 8 heteroatoms. The zero-order chi connectivity index (χ0) is 22.9. The van der Waals surface area contributed by atoms with Crippen molar-refractivity contribution in [3.8, 4) is 5.88 Å². The van der Waals surface area contributed by atoms with E-state index < -0.39 is 11.4 Å². The number of likely N-dealkylation sites (tertiary alicyclic amines) is 1. The molecule has 4 rings (SSSR count). The highest BCUT2D eigenvalue weighted by Gasteiger charge is 2.36. The molecular weight excluding hydrogens is 409 g/mol. The molecule has 0 bridgehead atoms. The Bertz CT molecular complexity index is 1100. The standard InChI is InChI=1S/C24H30FN5O2/c1-15(2)32-23-12-20(18(25)14-27-23)29-22-11-19-16(13-26-22)5-6-21(28-19)24(3,31)17-7-9-30(4)10-8-17/h5-6,11-15,17,31H,7-10H2,1-4H3,(H,26,27,29)/t24-/m1/s1. The van der Waals surface area contributed by atoms with Gasteiger partial charge in [-0.05, 0) is 71.8 Å². The Hall–Kier alpha value is -2.84. The van der Waals surface area contributed by atoms with Crippen LogP contribution in [0.1, 0.15) is 39.3 Å². The summed E-state index contributed by atoms with van der Waals surface area (Å²) in [4.78, 5) is 15.4. The quantitative estimate of drug-likeness (QED) is 0.594. The van der Waals surface area contributed by atoms with Gasteiger partial charge in [0, 0.05) is 23.7 Å². The van der Waals surface area contributed by atoms with E-state index in [1.807, 2.05) is 32.9 Å². The first kappa shape index (κ1) is 22.4. The lowest BCUT2D eigenvalue weighted by atomic mass is 9.79. The predicted molar refractivity (Wildman–Crippen MR) is 123 cm³/mol. The van der Waals surface area contributed by atoms with E-state index in [4.69, 9.17) is 9.72 Å². The van der Waals surface area contributed by atoms with Crippen LogP contribution in [0.3, 0.4) is 0 Å². The van der Waals surface area contributed by atoms with Crippen LogP contribution in [-0.4, -0.2) is 51.2 Å². The van der Waals surface area contributed by atoms with Crippen molar-refractivity contribution >= 4 is 22.4 Å². The Morgan fingerprint density at radius 1 is 1.19 bits per heavy atom. The number of hydrogen-bond acceptors (Lipinski definition) is 7. The Morgan fingerprint density at radius 3 is 2.66 bits per heavy atom. The van der Waals surface area contributed by atoms with Gasteiger partial charge < -0.3 is 20.1 Å². The SMILES string of the molecule is CC(C)Oc1cc(Nc2cc3nc([C@](C)(O)C4CCN(C)CC4)ccc3cn2)c(F)cn1. The number of aromatic nitrogens is 3. The van der Waals surface area contributed by atoms with Gasteiger partial charge >= 0.3 is 0 Å². The first-order chi connectivity index (χ1) is 15.2. The summed E-state index contributed by atoms with van der Waals surface area (Å²) in [5.74, 6) is 0.421.